The van der Waals surface area contributed by atoms with E-state index in [1.807, 2.05) is 6.07 Å². The SMILES string of the molecule is COc1cccc(CN2CCCC2C2CCCC2O)c1. The first kappa shape index (κ1) is 13.9. The Morgan fingerprint density at radius 2 is 2.15 bits per heavy atom. The van der Waals surface area contributed by atoms with Crippen LogP contribution in [0.2, 0.25) is 0 Å². The van der Waals surface area contributed by atoms with Gasteiger partial charge in [0.2, 0.25) is 0 Å². The topological polar surface area (TPSA) is 32.7 Å². The average molecular weight is 275 g/mol. The molecule has 0 radical (unpaired) electrons. The Balaban J connectivity index is 1.69. The molecule has 1 aliphatic heterocycles. The molecule has 2 aliphatic rings. The minimum atomic E-state index is -0.0779. The van der Waals surface area contributed by atoms with Crippen molar-refractivity contribution in [1.82, 2.24) is 4.90 Å². The Morgan fingerprint density at radius 3 is 2.90 bits per heavy atom. The lowest BCUT2D eigenvalue weighted by atomic mass is 9.94. The maximum atomic E-state index is 10.2. The monoisotopic (exact) mass is 275 g/mol. The zero-order chi connectivity index (χ0) is 13.9. The smallest absolute Gasteiger partial charge is 0.119 e. The summed E-state index contributed by atoms with van der Waals surface area (Å²) in [5.41, 5.74) is 1.31. The number of aliphatic hydroxyl groups is 1. The lowest BCUT2D eigenvalue weighted by molar-refractivity contribution is 0.0718. The number of hydrogen-bond donors (Lipinski definition) is 1. The molecule has 0 bridgehead atoms. The van der Waals surface area contributed by atoms with E-state index in [1.54, 1.807) is 7.11 Å². The van der Waals surface area contributed by atoms with Crippen molar-refractivity contribution in [2.45, 2.75) is 50.8 Å². The highest BCUT2D eigenvalue weighted by Gasteiger charge is 2.37. The van der Waals surface area contributed by atoms with Crippen LogP contribution < -0.4 is 4.74 Å². The number of benzene rings is 1. The van der Waals surface area contributed by atoms with Crippen molar-refractivity contribution in [3.8, 4) is 5.75 Å². The van der Waals surface area contributed by atoms with Crippen molar-refractivity contribution < 1.29 is 9.84 Å². The molecule has 0 spiro atoms. The molecule has 3 rings (SSSR count). The molecule has 1 saturated heterocycles. The third-order valence-corrected chi connectivity index (χ3v) is 4.96. The van der Waals surface area contributed by atoms with E-state index >= 15 is 0 Å². The van der Waals surface area contributed by atoms with Gasteiger partial charge in [-0.2, -0.15) is 0 Å². The molecule has 1 aromatic rings. The summed E-state index contributed by atoms with van der Waals surface area (Å²) in [5, 5.41) is 10.2. The van der Waals surface area contributed by atoms with Crippen LogP contribution in [0, 0.1) is 5.92 Å². The van der Waals surface area contributed by atoms with E-state index in [1.165, 1.54) is 31.2 Å². The predicted molar refractivity (Wildman–Crippen MR) is 79.8 cm³/mol. The minimum Gasteiger partial charge on any atom is -0.497 e. The van der Waals surface area contributed by atoms with Gasteiger partial charge in [-0.1, -0.05) is 18.6 Å². The summed E-state index contributed by atoms with van der Waals surface area (Å²) < 4.78 is 5.30. The molecule has 3 heteroatoms. The van der Waals surface area contributed by atoms with Crippen LogP contribution in [0.3, 0.4) is 0 Å². The summed E-state index contributed by atoms with van der Waals surface area (Å²) in [7, 11) is 1.71. The summed E-state index contributed by atoms with van der Waals surface area (Å²) in [4.78, 5) is 2.56. The van der Waals surface area contributed by atoms with E-state index in [4.69, 9.17) is 4.74 Å². The van der Waals surface area contributed by atoms with Gasteiger partial charge in [0, 0.05) is 18.5 Å². The Bertz CT molecular complexity index is 448. The number of ether oxygens (including phenoxy) is 1. The average Bonchev–Trinajstić information content (AvgIpc) is 3.07. The highest BCUT2D eigenvalue weighted by atomic mass is 16.5. The third-order valence-electron chi connectivity index (χ3n) is 4.96. The van der Waals surface area contributed by atoms with Gasteiger partial charge in [-0.25, -0.2) is 0 Å². The molecule has 3 nitrogen and oxygen atoms in total. The normalized spacial score (nSPS) is 30.8. The van der Waals surface area contributed by atoms with Crippen LogP contribution in [-0.4, -0.2) is 35.8 Å². The first-order valence-corrected chi connectivity index (χ1v) is 7.83. The molecule has 1 aliphatic carbocycles. The van der Waals surface area contributed by atoms with Gasteiger partial charge in [-0.05, 0) is 49.9 Å². The van der Waals surface area contributed by atoms with E-state index in [0.29, 0.717) is 12.0 Å². The minimum absolute atomic E-state index is 0.0779. The Kier molecular flexibility index (Phi) is 4.27. The summed E-state index contributed by atoms with van der Waals surface area (Å²) in [5.74, 6) is 1.42. The van der Waals surface area contributed by atoms with Crippen molar-refractivity contribution >= 4 is 0 Å². The van der Waals surface area contributed by atoms with Crippen molar-refractivity contribution in [1.29, 1.82) is 0 Å². The number of methoxy groups -OCH3 is 1. The Labute approximate surface area is 121 Å². The molecular formula is C17H25NO2. The van der Waals surface area contributed by atoms with Gasteiger partial charge in [-0.3, -0.25) is 4.90 Å². The van der Waals surface area contributed by atoms with Crippen molar-refractivity contribution in [3.05, 3.63) is 29.8 Å². The lowest BCUT2D eigenvalue weighted by Gasteiger charge is -2.31. The Morgan fingerprint density at radius 1 is 1.25 bits per heavy atom. The number of likely N-dealkylation sites (tertiary alicyclic amines) is 1. The molecule has 0 aromatic heterocycles. The van der Waals surface area contributed by atoms with Crippen LogP contribution in [0.5, 0.6) is 5.75 Å². The quantitative estimate of drug-likeness (QED) is 0.917. The van der Waals surface area contributed by atoms with Crippen LogP contribution in [0.4, 0.5) is 0 Å². The van der Waals surface area contributed by atoms with Crippen molar-refractivity contribution in [2.75, 3.05) is 13.7 Å². The van der Waals surface area contributed by atoms with Crippen LogP contribution in [0.25, 0.3) is 0 Å². The molecule has 0 amide bonds. The van der Waals surface area contributed by atoms with Crippen molar-refractivity contribution in [2.24, 2.45) is 5.92 Å². The first-order valence-electron chi connectivity index (χ1n) is 7.83. The summed E-state index contributed by atoms with van der Waals surface area (Å²) >= 11 is 0. The molecule has 1 heterocycles. The molecule has 1 N–H and O–H groups in total. The standard InChI is InChI=1S/C17H25NO2/c1-20-14-6-2-5-13(11-14)12-18-10-4-8-16(18)15-7-3-9-17(15)19/h2,5-6,11,15-17,19H,3-4,7-10,12H2,1H3. The van der Waals surface area contributed by atoms with E-state index in [-0.39, 0.29) is 6.10 Å². The summed E-state index contributed by atoms with van der Waals surface area (Å²) in [6, 6.07) is 8.91. The molecule has 3 atom stereocenters. The molecule has 1 aromatic carbocycles. The van der Waals surface area contributed by atoms with Gasteiger partial charge in [0.1, 0.15) is 5.75 Å². The highest BCUT2D eigenvalue weighted by molar-refractivity contribution is 5.28. The second-order valence-electron chi connectivity index (χ2n) is 6.19. The molecular weight excluding hydrogens is 250 g/mol. The second kappa shape index (κ2) is 6.15. The van der Waals surface area contributed by atoms with Gasteiger partial charge in [-0.15, -0.1) is 0 Å². The Hall–Kier alpha value is -1.06. The van der Waals surface area contributed by atoms with E-state index in [2.05, 4.69) is 23.1 Å². The molecule has 2 fully saturated rings. The lowest BCUT2D eigenvalue weighted by Crippen LogP contribution is -2.38. The zero-order valence-corrected chi connectivity index (χ0v) is 12.3. The fourth-order valence-electron chi connectivity index (χ4n) is 3.96. The van der Waals surface area contributed by atoms with Gasteiger partial charge in [0.25, 0.3) is 0 Å². The molecule has 1 saturated carbocycles. The largest absolute Gasteiger partial charge is 0.497 e. The van der Waals surface area contributed by atoms with E-state index in [9.17, 15) is 5.11 Å². The zero-order valence-electron chi connectivity index (χ0n) is 12.3. The molecule has 3 unspecified atom stereocenters. The summed E-state index contributed by atoms with van der Waals surface area (Å²) in [6.07, 6.45) is 5.80. The maximum absolute atomic E-state index is 10.2. The molecule has 20 heavy (non-hydrogen) atoms. The van der Waals surface area contributed by atoms with Crippen LogP contribution in [0.15, 0.2) is 24.3 Å². The number of nitrogens with zero attached hydrogens (tertiary/aromatic N) is 1. The third kappa shape index (κ3) is 2.84. The van der Waals surface area contributed by atoms with Gasteiger partial charge in [0.15, 0.2) is 0 Å². The fourth-order valence-corrected chi connectivity index (χ4v) is 3.96. The predicted octanol–water partition coefficient (Wildman–Crippen LogP) is 2.82. The van der Waals surface area contributed by atoms with Crippen LogP contribution in [0.1, 0.15) is 37.7 Å². The molecule has 110 valence electrons. The summed E-state index contributed by atoms with van der Waals surface area (Å²) in [6.45, 7) is 2.14. The van der Waals surface area contributed by atoms with E-state index < -0.39 is 0 Å². The highest BCUT2D eigenvalue weighted by Crippen LogP contribution is 2.36. The van der Waals surface area contributed by atoms with Gasteiger partial charge >= 0.3 is 0 Å². The number of aliphatic hydroxyl groups excluding tert-OH is 1. The van der Waals surface area contributed by atoms with Gasteiger partial charge in [0.05, 0.1) is 13.2 Å². The number of hydrogen-bond acceptors (Lipinski definition) is 3. The second-order valence-corrected chi connectivity index (χ2v) is 6.19. The first-order chi connectivity index (χ1) is 9.78. The number of rotatable bonds is 4. The maximum Gasteiger partial charge on any atom is 0.119 e. The fraction of sp³-hybridized carbons (Fsp3) is 0.647. The van der Waals surface area contributed by atoms with E-state index in [0.717, 1.165) is 25.3 Å². The van der Waals surface area contributed by atoms with Crippen LogP contribution >= 0.6 is 0 Å². The van der Waals surface area contributed by atoms with Gasteiger partial charge < -0.3 is 9.84 Å². The van der Waals surface area contributed by atoms with Crippen LogP contribution in [-0.2, 0) is 6.54 Å². The van der Waals surface area contributed by atoms with Crippen molar-refractivity contribution in [3.63, 3.8) is 0 Å².